The lowest BCUT2D eigenvalue weighted by molar-refractivity contribution is -0.138. The van der Waals surface area contributed by atoms with E-state index in [4.69, 9.17) is 9.84 Å². The van der Waals surface area contributed by atoms with Crippen molar-refractivity contribution in [1.29, 1.82) is 0 Å². The second kappa shape index (κ2) is 4.76. The molecular formula is C13H18N2O3. The van der Waals surface area contributed by atoms with Gasteiger partial charge in [0, 0.05) is 19.3 Å². The number of anilines is 2. The van der Waals surface area contributed by atoms with E-state index >= 15 is 0 Å². The third kappa shape index (κ3) is 2.08. The van der Waals surface area contributed by atoms with E-state index < -0.39 is 12.0 Å². The quantitative estimate of drug-likeness (QED) is 0.882. The van der Waals surface area contributed by atoms with Crippen molar-refractivity contribution in [2.75, 3.05) is 30.1 Å². The number of hydrogen-bond acceptors (Lipinski definition) is 4. The largest absolute Gasteiger partial charge is 0.480 e. The van der Waals surface area contributed by atoms with Crippen LogP contribution in [0.4, 0.5) is 11.4 Å². The molecule has 5 heteroatoms. The molecule has 0 amide bonds. The molecule has 1 aromatic carbocycles. The van der Waals surface area contributed by atoms with Crippen LogP contribution in [0.2, 0.25) is 0 Å². The average molecular weight is 250 g/mol. The fraction of sp³-hybridized carbons (Fsp3) is 0.462. The molecule has 98 valence electrons. The standard InChI is InChI=1S/C13H18N2O3/c1-4-15-8-18-12-6-5-10(7-11(12)15)14(3)9(2)13(16)17/h5-7,9H,4,8H2,1-3H3,(H,16,17). The van der Waals surface area contributed by atoms with Gasteiger partial charge in [-0.15, -0.1) is 0 Å². The molecule has 1 atom stereocenters. The molecule has 0 aromatic heterocycles. The van der Waals surface area contributed by atoms with Gasteiger partial charge in [0.1, 0.15) is 11.8 Å². The summed E-state index contributed by atoms with van der Waals surface area (Å²) in [5.74, 6) is 0.0265. The minimum absolute atomic E-state index is 0.555. The smallest absolute Gasteiger partial charge is 0.326 e. The van der Waals surface area contributed by atoms with Gasteiger partial charge >= 0.3 is 5.97 Å². The maximum absolute atomic E-state index is 11.0. The number of carboxylic acids is 1. The van der Waals surface area contributed by atoms with Gasteiger partial charge in [0.05, 0.1) is 5.69 Å². The fourth-order valence-corrected chi connectivity index (χ4v) is 1.96. The van der Waals surface area contributed by atoms with Gasteiger partial charge in [0.25, 0.3) is 0 Å². The molecule has 1 aromatic rings. The lowest BCUT2D eigenvalue weighted by atomic mass is 10.2. The zero-order valence-electron chi connectivity index (χ0n) is 10.9. The molecule has 5 nitrogen and oxygen atoms in total. The first-order valence-electron chi connectivity index (χ1n) is 6.02. The summed E-state index contributed by atoms with van der Waals surface area (Å²) in [5, 5.41) is 9.03. The number of carbonyl (C=O) groups is 1. The van der Waals surface area contributed by atoms with Gasteiger partial charge in [-0.25, -0.2) is 4.79 Å². The van der Waals surface area contributed by atoms with Gasteiger partial charge in [0.2, 0.25) is 0 Å². The summed E-state index contributed by atoms with van der Waals surface area (Å²) >= 11 is 0. The van der Waals surface area contributed by atoms with Gasteiger partial charge in [-0.05, 0) is 32.0 Å². The van der Waals surface area contributed by atoms with Gasteiger partial charge in [-0.1, -0.05) is 0 Å². The molecule has 0 aliphatic carbocycles. The van der Waals surface area contributed by atoms with Crippen molar-refractivity contribution in [1.82, 2.24) is 0 Å². The van der Waals surface area contributed by atoms with Crippen molar-refractivity contribution < 1.29 is 14.6 Å². The lowest BCUT2D eigenvalue weighted by Crippen LogP contribution is -2.35. The highest BCUT2D eigenvalue weighted by Gasteiger charge is 2.22. The molecule has 0 bridgehead atoms. The van der Waals surface area contributed by atoms with Crippen LogP contribution in [0.1, 0.15) is 13.8 Å². The van der Waals surface area contributed by atoms with Crippen molar-refractivity contribution in [2.45, 2.75) is 19.9 Å². The summed E-state index contributed by atoms with van der Waals surface area (Å²) in [5.41, 5.74) is 1.91. The molecule has 1 N–H and O–H groups in total. The molecule has 1 aliphatic heterocycles. The molecular weight excluding hydrogens is 232 g/mol. The normalized spacial score (nSPS) is 14.9. The molecule has 1 aliphatic rings. The Kier molecular flexibility index (Phi) is 3.32. The molecule has 1 unspecified atom stereocenters. The highest BCUT2D eigenvalue weighted by molar-refractivity contribution is 5.79. The molecule has 0 saturated carbocycles. The molecule has 0 saturated heterocycles. The second-order valence-electron chi connectivity index (χ2n) is 4.41. The molecule has 18 heavy (non-hydrogen) atoms. The van der Waals surface area contributed by atoms with Crippen LogP contribution in [0.3, 0.4) is 0 Å². The Morgan fingerprint density at radius 2 is 2.33 bits per heavy atom. The molecule has 2 rings (SSSR count). The summed E-state index contributed by atoms with van der Waals surface area (Å²) in [4.78, 5) is 14.8. The first kappa shape index (κ1) is 12.5. The predicted molar refractivity (Wildman–Crippen MR) is 70.5 cm³/mol. The third-order valence-corrected chi connectivity index (χ3v) is 3.39. The number of ether oxygens (including phenoxy) is 1. The van der Waals surface area contributed by atoms with Crippen LogP contribution in [0.25, 0.3) is 0 Å². The van der Waals surface area contributed by atoms with E-state index in [0.717, 1.165) is 23.7 Å². The number of hydrogen-bond donors (Lipinski definition) is 1. The summed E-state index contributed by atoms with van der Waals surface area (Å²) in [6.45, 7) is 5.17. The number of benzene rings is 1. The van der Waals surface area contributed by atoms with Crippen LogP contribution < -0.4 is 14.5 Å². The molecule has 0 radical (unpaired) electrons. The Hall–Kier alpha value is -1.91. The third-order valence-electron chi connectivity index (χ3n) is 3.39. The van der Waals surface area contributed by atoms with E-state index in [1.165, 1.54) is 0 Å². The Morgan fingerprint density at radius 1 is 1.61 bits per heavy atom. The van der Waals surface area contributed by atoms with E-state index in [1.54, 1.807) is 18.9 Å². The molecule has 0 fully saturated rings. The SMILES string of the molecule is CCN1COc2ccc(N(C)C(C)C(=O)O)cc21. The topological polar surface area (TPSA) is 53.0 Å². The van der Waals surface area contributed by atoms with Crippen LogP contribution in [-0.2, 0) is 4.79 Å². The maximum Gasteiger partial charge on any atom is 0.326 e. The first-order chi connectivity index (χ1) is 8.54. The highest BCUT2D eigenvalue weighted by Crippen LogP contribution is 2.37. The second-order valence-corrected chi connectivity index (χ2v) is 4.41. The van der Waals surface area contributed by atoms with Gasteiger partial charge in [0.15, 0.2) is 6.73 Å². The van der Waals surface area contributed by atoms with Crippen LogP contribution in [0.5, 0.6) is 5.75 Å². The van der Waals surface area contributed by atoms with Crippen molar-refractivity contribution in [3.05, 3.63) is 18.2 Å². The number of carboxylic acid groups (broad SMARTS) is 1. The first-order valence-corrected chi connectivity index (χ1v) is 6.02. The number of aliphatic carboxylic acids is 1. The van der Waals surface area contributed by atoms with E-state index in [1.807, 2.05) is 18.2 Å². The Labute approximate surface area is 107 Å². The number of rotatable bonds is 4. The number of nitrogens with zero attached hydrogens (tertiary/aromatic N) is 2. The zero-order chi connectivity index (χ0) is 13.3. The van der Waals surface area contributed by atoms with Crippen molar-refractivity contribution in [2.24, 2.45) is 0 Å². The van der Waals surface area contributed by atoms with Gasteiger partial charge in [-0.3, -0.25) is 0 Å². The Balaban J connectivity index is 2.28. The Morgan fingerprint density at radius 3 is 2.94 bits per heavy atom. The van der Waals surface area contributed by atoms with E-state index in [2.05, 4.69) is 11.8 Å². The lowest BCUT2D eigenvalue weighted by Gasteiger charge is -2.24. The average Bonchev–Trinajstić information content (AvgIpc) is 2.78. The summed E-state index contributed by atoms with van der Waals surface area (Å²) < 4.78 is 5.54. The molecule has 0 spiro atoms. The number of likely N-dealkylation sites (N-methyl/N-ethyl adjacent to an activating group) is 1. The van der Waals surface area contributed by atoms with Gasteiger partial charge in [-0.2, -0.15) is 0 Å². The molecule has 1 heterocycles. The van der Waals surface area contributed by atoms with Crippen LogP contribution in [0, 0.1) is 0 Å². The highest BCUT2D eigenvalue weighted by atomic mass is 16.5. The fourth-order valence-electron chi connectivity index (χ4n) is 1.96. The van der Waals surface area contributed by atoms with Crippen LogP contribution >= 0.6 is 0 Å². The summed E-state index contributed by atoms with van der Waals surface area (Å²) in [7, 11) is 1.78. The van der Waals surface area contributed by atoms with Gasteiger partial charge < -0.3 is 19.6 Å². The van der Waals surface area contributed by atoms with Crippen molar-refractivity contribution in [3.63, 3.8) is 0 Å². The summed E-state index contributed by atoms with van der Waals surface area (Å²) in [6.07, 6.45) is 0. The minimum Gasteiger partial charge on any atom is -0.480 e. The summed E-state index contributed by atoms with van der Waals surface area (Å²) in [6, 6.07) is 5.20. The van der Waals surface area contributed by atoms with Crippen LogP contribution in [-0.4, -0.2) is 37.4 Å². The van der Waals surface area contributed by atoms with Crippen LogP contribution in [0.15, 0.2) is 18.2 Å². The van der Waals surface area contributed by atoms with E-state index in [-0.39, 0.29) is 0 Å². The van der Waals surface area contributed by atoms with Crippen molar-refractivity contribution >= 4 is 17.3 Å². The predicted octanol–water partition coefficient (Wildman–Crippen LogP) is 1.77. The van der Waals surface area contributed by atoms with E-state index in [0.29, 0.717) is 6.73 Å². The number of fused-ring (bicyclic) bond motifs is 1. The van der Waals surface area contributed by atoms with Crippen molar-refractivity contribution in [3.8, 4) is 5.75 Å². The Bertz CT molecular complexity index is 462. The minimum atomic E-state index is -0.832. The monoisotopic (exact) mass is 250 g/mol. The zero-order valence-corrected chi connectivity index (χ0v) is 10.9. The van der Waals surface area contributed by atoms with E-state index in [9.17, 15) is 4.79 Å². The maximum atomic E-state index is 11.0.